The van der Waals surface area contributed by atoms with Gasteiger partial charge in [-0.25, -0.2) is 8.42 Å². The van der Waals surface area contributed by atoms with E-state index in [1.54, 1.807) is 12.1 Å². The van der Waals surface area contributed by atoms with Crippen molar-refractivity contribution in [1.82, 2.24) is 4.72 Å². The van der Waals surface area contributed by atoms with Crippen LogP contribution in [0.3, 0.4) is 0 Å². The summed E-state index contributed by atoms with van der Waals surface area (Å²) in [6.07, 6.45) is 0.906. The second-order valence-corrected chi connectivity index (χ2v) is 9.04. The minimum Gasteiger partial charge on any atom is -0.326 e. The molecule has 27 heavy (non-hydrogen) atoms. The summed E-state index contributed by atoms with van der Waals surface area (Å²) < 4.78 is 29.0. The largest absolute Gasteiger partial charge is 0.326 e. The molecule has 1 aromatic heterocycles. The molecule has 1 amide bonds. The zero-order valence-corrected chi connectivity index (χ0v) is 16.0. The Hall–Kier alpha value is -2.48. The van der Waals surface area contributed by atoms with E-state index in [0.717, 1.165) is 16.0 Å². The fraction of sp³-hybridized carbons (Fsp3) is 0.150. The molecule has 1 aliphatic heterocycles. The second-order valence-electron chi connectivity index (χ2n) is 6.35. The lowest BCUT2D eigenvalue weighted by Crippen LogP contribution is -2.29. The van der Waals surface area contributed by atoms with Crippen LogP contribution < -0.4 is 10.0 Å². The van der Waals surface area contributed by atoms with Crippen LogP contribution in [0.5, 0.6) is 0 Å². The summed E-state index contributed by atoms with van der Waals surface area (Å²) in [6, 6.07) is 17.7. The van der Waals surface area contributed by atoms with Gasteiger partial charge in [-0.15, -0.1) is 11.3 Å². The SMILES string of the molecule is O=C1CCc2cc(S(=O)(=O)NC(c3ccccc3)c3cccs3)ccc2N1. The van der Waals surface area contributed by atoms with E-state index in [-0.39, 0.29) is 10.8 Å². The van der Waals surface area contributed by atoms with E-state index in [9.17, 15) is 13.2 Å². The van der Waals surface area contributed by atoms with Crippen molar-refractivity contribution in [3.8, 4) is 0 Å². The fourth-order valence-electron chi connectivity index (χ4n) is 3.14. The third kappa shape index (κ3) is 3.80. The van der Waals surface area contributed by atoms with E-state index in [0.29, 0.717) is 18.5 Å². The van der Waals surface area contributed by atoms with E-state index in [4.69, 9.17) is 0 Å². The van der Waals surface area contributed by atoms with E-state index in [1.807, 2.05) is 47.8 Å². The van der Waals surface area contributed by atoms with Crippen molar-refractivity contribution >= 4 is 33.0 Å². The molecule has 2 heterocycles. The average Bonchev–Trinajstić information content (AvgIpc) is 3.21. The summed E-state index contributed by atoms with van der Waals surface area (Å²) >= 11 is 1.51. The maximum absolute atomic E-state index is 13.1. The highest BCUT2D eigenvalue weighted by molar-refractivity contribution is 7.89. The van der Waals surface area contributed by atoms with Gasteiger partial charge in [-0.3, -0.25) is 4.79 Å². The third-order valence-corrected chi connectivity index (χ3v) is 6.87. The number of fused-ring (bicyclic) bond motifs is 1. The molecule has 0 saturated carbocycles. The first-order chi connectivity index (χ1) is 13.0. The minimum atomic E-state index is -3.74. The molecule has 138 valence electrons. The van der Waals surface area contributed by atoms with Crippen LogP contribution in [0.1, 0.15) is 28.5 Å². The maximum atomic E-state index is 13.1. The zero-order valence-electron chi connectivity index (χ0n) is 14.4. The van der Waals surface area contributed by atoms with E-state index in [1.165, 1.54) is 17.4 Å². The predicted octanol–water partition coefficient (Wildman–Crippen LogP) is 3.70. The van der Waals surface area contributed by atoms with Gasteiger partial charge in [-0.05, 0) is 47.2 Å². The van der Waals surface area contributed by atoms with E-state index >= 15 is 0 Å². The summed E-state index contributed by atoms with van der Waals surface area (Å²) in [5, 5.41) is 4.71. The van der Waals surface area contributed by atoms with E-state index < -0.39 is 16.1 Å². The Balaban J connectivity index is 1.68. The van der Waals surface area contributed by atoms with Crippen molar-refractivity contribution in [2.75, 3.05) is 5.32 Å². The van der Waals surface area contributed by atoms with Gasteiger partial charge in [0.2, 0.25) is 15.9 Å². The zero-order chi connectivity index (χ0) is 18.9. The summed E-state index contributed by atoms with van der Waals surface area (Å²) in [7, 11) is -3.74. The number of aryl methyl sites for hydroxylation is 1. The van der Waals surface area contributed by atoms with Gasteiger partial charge in [0, 0.05) is 17.0 Å². The van der Waals surface area contributed by atoms with Gasteiger partial charge in [0.15, 0.2) is 0 Å². The summed E-state index contributed by atoms with van der Waals surface area (Å²) in [5.74, 6) is -0.0435. The lowest BCUT2D eigenvalue weighted by Gasteiger charge is -2.20. The molecule has 0 saturated heterocycles. The number of nitrogens with one attached hydrogen (secondary N) is 2. The predicted molar refractivity (Wildman–Crippen MR) is 106 cm³/mol. The van der Waals surface area contributed by atoms with Crippen molar-refractivity contribution < 1.29 is 13.2 Å². The molecule has 4 rings (SSSR count). The van der Waals surface area contributed by atoms with Crippen molar-refractivity contribution in [1.29, 1.82) is 0 Å². The number of carbonyl (C=O) groups is 1. The van der Waals surface area contributed by atoms with Gasteiger partial charge in [-0.1, -0.05) is 36.4 Å². The third-order valence-electron chi connectivity index (χ3n) is 4.52. The maximum Gasteiger partial charge on any atom is 0.241 e. The number of hydrogen-bond donors (Lipinski definition) is 2. The van der Waals surface area contributed by atoms with Crippen LogP contribution >= 0.6 is 11.3 Å². The molecule has 3 aromatic rings. The molecule has 0 aliphatic carbocycles. The van der Waals surface area contributed by atoms with Crippen LogP contribution in [0.25, 0.3) is 0 Å². The van der Waals surface area contributed by atoms with Gasteiger partial charge >= 0.3 is 0 Å². The average molecular weight is 399 g/mol. The minimum absolute atomic E-state index is 0.0435. The normalized spacial score (nSPS) is 15.0. The first-order valence-electron chi connectivity index (χ1n) is 8.56. The standard InChI is InChI=1S/C20H18N2O3S2/c23-19-11-8-15-13-16(9-10-17(15)21-19)27(24,25)22-20(18-7-4-12-26-18)14-5-2-1-3-6-14/h1-7,9-10,12-13,20,22H,8,11H2,(H,21,23). The number of thiophene rings is 1. The Bertz CT molecular complexity index is 1060. The first kappa shape index (κ1) is 17.9. The van der Waals surface area contributed by atoms with Crippen LogP contribution in [0.4, 0.5) is 5.69 Å². The van der Waals surface area contributed by atoms with Crippen molar-refractivity contribution in [3.63, 3.8) is 0 Å². The fourth-order valence-corrected chi connectivity index (χ4v) is 5.27. The van der Waals surface area contributed by atoms with Crippen molar-refractivity contribution in [2.24, 2.45) is 0 Å². The second kappa shape index (κ2) is 7.26. The lowest BCUT2D eigenvalue weighted by molar-refractivity contribution is -0.116. The number of carbonyl (C=O) groups excluding carboxylic acids is 1. The quantitative estimate of drug-likeness (QED) is 0.688. The Labute approximate surface area is 162 Å². The number of sulfonamides is 1. The van der Waals surface area contributed by atoms with Gasteiger partial charge in [-0.2, -0.15) is 4.72 Å². The number of hydrogen-bond acceptors (Lipinski definition) is 4. The molecule has 1 unspecified atom stereocenters. The highest BCUT2D eigenvalue weighted by atomic mass is 32.2. The van der Waals surface area contributed by atoms with Crippen LogP contribution in [0.15, 0.2) is 70.9 Å². The summed E-state index contributed by atoms with van der Waals surface area (Å²) in [6.45, 7) is 0. The molecule has 1 aliphatic rings. The molecule has 2 aromatic carbocycles. The Morgan fingerprint density at radius 3 is 2.56 bits per heavy atom. The number of benzene rings is 2. The van der Waals surface area contributed by atoms with Crippen LogP contribution in [-0.2, 0) is 21.2 Å². The molecule has 7 heteroatoms. The molecule has 2 N–H and O–H groups in total. The number of anilines is 1. The number of amides is 1. The molecule has 5 nitrogen and oxygen atoms in total. The van der Waals surface area contributed by atoms with Gasteiger partial charge in [0.1, 0.15) is 0 Å². The monoisotopic (exact) mass is 398 g/mol. The summed E-state index contributed by atoms with van der Waals surface area (Å²) in [5.41, 5.74) is 2.40. The van der Waals surface area contributed by atoms with Crippen molar-refractivity contribution in [2.45, 2.75) is 23.8 Å². The van der Waals surface area contributed by atoms with Gasteiger partial charge in [0.25, 0.3) is 0 Å². The topological polar surface area (TPSA) is 75.3 Å². The van der Waals surface area contributed by atoms with E-state index in [2.05, 4.69) is 10.0 Å². The Kier molecular flexibility index (Phi) is 4.82. The van der Waals surface area contributed by atoms with Crippen LogP contribution in [0.2, 0.25) is 0 Å². The molecule has 0 fully saturated rings. The smallest absolute Gasteiger partial charge is 0.241 e. The van der Waals surface area contributed by atoms with Gasteiger partial charge < -0.3 is 5.32 Å². The highest BCUT2D eigenvalue weighted by Gasteiger charge is 2.25. The first-order valence-corrected chi connectivity index (χ1v) is 10.9. The summed E-state index contributed by atoms with van der Waals surface area (Å²) in [4.78, 5) is 12.6. The Morgan fingerprint density at radius 1 is 1.00 bits per heavy atom. The molecule has 1 atom stereocenters. The molecule has 0 spiro atoms. The van der Waals surface area contributed by atoms with Crippen molar-refractivity contribution in [3.05, 3.63) is 82.0 Å². The van der Waals surface area contributed by atoms with Gasteiger partial charge in [0.05, 0.1) is 10.9 Å². The molecule has 0 radical (unpaired) electrons. The Morgan fingerprint density at radius 2 is 1.81 bits per heavy atom. The van der Waals surface area contributed by atoms with Crippen LogP contribution in [-0.4, -0.2) is 14.3 Å². The molecular formula is C20H18N2O3S2. The molecular weight excluding hydrogens is 380 g/mol. The number of rotatable bonds is 5. The highest BCUT2D eigenvalue weighted by Crippen LogP contribution is 2.30. The molecule has 0 bridgehead atoms. The lowest BCUT2D eigenvalue weighted by atomic mass is 10.0. The van der Waals surface area contributed by atoms with Crippen LogP contribution in [0, 0.1) is 0 Å².